The molecule has 7 nitrogen and oxygen atoms in total. The van der Waals surface area contributed by atoms with Gasteiger partial charge in [0.2, 0.25) is 11.3 Å². The predicted octanol–water partition coefficient (Wildman–Crippen LogP) is 2.52. The van der Waals surface area contributed by atoms with Crippen LogP contribution in [0.2, 0.25) is 5.02 Å². The summed E-state index contributed by atoms with van der Waals surface area (Å²) in [6.07, 6.45) is 7.27. The Labute approximate surface area is 151 Å². The molecule has 1 N–H and O–H groups in total. The summed E-state index contributed by atoms with van der Waals surface area (Å²) in [4.78, 5) is 29.1. The minimum atomic E-state index is -0.718. The van der Waals surface area contributed by atoms with Crippen molar-refractivity contribution in [2.24, 2.45) is 0 Å². The molecule has 0 spiro atoms. The van der Waals surface area contributed by atoms with Crippen LogP contribution < -0.4 is 11.0 Å². The number of fused-ring (bicyclic) bond motifs is 1. The molecule has 4 aromatic rings. The predicted molar refractivity (Wildman–Crippen MR) is 95.6 cm³/mol. The van der Waals surface area contributed by atoms with Gasteiger partial charge in [-0.05, 0) is 17.7 Å². The third kappa shape index (κ3) is 2.68. The molecule has 0 fully saturated rings. The highest BCUT2D eigenvalue weighted by Crippen LogP contribution is 2.19. The summed E-state index contributed by atoms with van der Waals surface area (Å²) >= 11 is 5.97. The molecule has 0 saturated heterocycles. The zero-order valence-electron chi connectivity index (χ0n) is 13.3. The van der Waals surface area contributed by atoms with Gasteiger partial charge in [0.05, 0.1) is 12.7 Å². The lowest BCUT2D eigenvalue weighted by Crippen LogP contribution is -2.24. The van der Waals surface area contributed by atoms with Crippen molar-refractivity contribution in [2.45, 2.75) is 6.54 Å². The molecule has 0 radical (unpaired) electrons. The van der Waals surface area contributed by atoms with Gasteiger partial charge >= 0.3 is 0 Å². The Morgan fingerprint density at radius 3 is 2.81 bits per heavy atom. The summed E-state index contributed by atoms with van der Waals surface area (Å²) in [7, 11) is 0. The van der Waals surface area contributed by atoms with Crippen molar-refractivity contribution in [2.75, 3.05) is 0 Å². The lowest BCUT2D eigenvalue weighted by atomic mass is 10.2. The second-order valence-corrected chi connectivity index (χ2v) is 6.11. The zero-order valence-corrected chi connectivity index (χ0v) is 14.1. The molecule has 0 aliphatic carbocycles. The van der Waals surface area contributed by atoms with Crippen molar-refractivity contribution < 1.29 is 9.52 Å². The molecule has 130 valence electrons. The number of hydrogen-bond acceptors (Lipinski definition) is 5. The van der Waals surface area contributed by atoms with Crippen LogP contribution in [-0.4, -0.2) is 19.1 Å². The summed E-state index contributed by atoms with van der Waals surface area (Å²) in [6.45, 7) is 0.255. The Kier molecular flexibility index (Phi) is 3.85. The van der Waals surface area contributed by atoms with E-state index in [0.29, 0.717) is 5.02 Å². The average Bonchev–Trinajstić information content (AvgIpc) is 3.14. The summed E-state index contributed by atoms with van der Waals surface area (Å²) in [5.74, 6) is -0.575. The van der Waals surface area contributed by atoms with Crippen LogP contribution in [0.3, 0.4) is 0 Å². The average molecular weight is 370 g/mol. The molecule has 3 heterocycles. The highest BCUT2D eigenvalue weighted by molar-refractivity contribution is 6.30. The third-order valence-electron chi connectivity index (χ3n) is 3.99. The van der Waals surface area contributed by atoms with Crippen LogP contribution in [0, 0.1) is 0 Å². The van der Waals surface area contributed by atoms with Crippen molar-refractivity contribution in [1.82, 2.24) is 14.0 Å². The second-order valence-electron chi connectivity index (χ2n) is 5.67. The van der Waals surface area contributed by atoms with E-state index < -0.39 is 16.7 Å². The van der Waals surface area contributed by atoms with Gasteiger partial charge in [-0.15, -0.1) is 0 Å². The largest absolute Gasteiger partial charge is 0.503 e. The van der Waals surface area contributed by atoms with E-state index in [1.165, 1.54) is 27.6 Å². The molecule has 4 rings (SSSR count). The van der Waals surface area contributed by atoms with Crippen LogP contribution in [-0.2, 0) is 6.54 Å². The number of halogens is 1. The van der Waals surface area contributed by atoms with Crippen LogP contribution in [0.5, 0.6) is 5.75 Å². The molecule has 0 atom stereocenters. The van der Waals surface area contributed by atoms with Gasteiger partial charge in [0.1, 0.15) is 11.8 Å². The molecule has 1 aromatic carbocycles. The van der Waals surface area contributed by atoms with E-state index in [1.54, 1.807) is 30.6 Å². The van der Waals surface area contributed by atoms with E-state index in [4.69, 9.17) is 16.0 Å². The van der Waals surface area contributed by atoms with Crippen molar-refractivity contribution in [1.29, 1.82) is 0 Å². The van der Waals surface area contributed by atoms with Crippen LogP contribution in [0.15, 0.2) is 69.3 Å². The lowest BCUT2D eigenvalue weighted by molar-refractivity contribution is 0.471. The first-order valence-corrected chi connectivity index (χ1v) is 8.04. The molecule has 0 bridgehead atoms. The first-order chi connectivity index (χ1) is 12.5. The lowest BCUT2D eigenvalue weighted by Gasteiger charge is -2.10. The maximum Gasteiger partial charge on any atom is 0.279 e. The first-order valence-electron chi connectivity index (χ1n) is 7.66. The monoisotopic (exact) mass is 369 g/mol. The Hall–Kier alpha value is -3.32. The fourth-order valence-corrected chi connectivity index (χ4v) is 2.98. The van der Waals surface area contributed by atoms with Crippen molar-refractivity contribution in [3.8, 4) is 17.2 Å². The van der Waals surface area contributed by atoms with E-state index in [0.717, 1.165) is 5.56 Å². The number of nitrogens with zero attached hydrogens (tertiary/aromatic N) is 3. The van der Waals surface area contributed by atoms with Gasteiger partial charge in [-0.3, -0.25) is 9.59 Å². The van der Waals surface area contributed by atoms with Crippen LogP contribution in [0.1, 0.15) is 5.56 Å². The minimum Gasteiger partial charge on any atom is -0.503 e. The van der Waals surface area contributed by atoms with Crippen LogP contribution in [0.4, 0.5) is 0 Å². The fraction of sp³-hybridized carbons (Fsp3) is 0.0556. The highest BCUT2D eigenvalue weighted by atomic mass is 35.5. The molecule has 0 amide bonds. The van der Waals surface area contributed by atoms with Crippen LogP contribution >= 0.6 is 11.6 Å². The number of rotatable bonds is 3. The van der Waals surface area contributed by atoms with E-state index in [2.05, 4.69) is 4.98 Å². The van der Waals surface area contributed by atoms with Gasteiger partial charge in [-0.25, -0.2) is 4.98 Å². The Balaban J connectivity index is 1.88. The third-order valence-corrected chi connectivity index (χ3v) is 4.22. The van der Waals surface area contributed by atoms with Gasteiger partial charge in [0.15, 0.2) is 11.3 Å². The zero-order chi connectivity index (χ0) is 18.3. The number of hydrogen-bond donors (Lipinski definition) is 1. The van der Waals surface area contributed by atoms with Gasteiger partial charge in [-0.1, -0.05) is 23.7 Å². The van der Waals surface area contributed by atoms with Gasteiger partial charge in [0.25, 0.3) is 5.56 Å². The SMILES string of the molecule is O=c1c(-c2ncco2)cn2ccn(Cc3cccc(Cl)c3)c(=O)c2c1O. The summed E-state index contributed by atoms with van der Waals surface area (Å²) < 4.78 is 7.89. The molecule has 3 aromatic heterocycles. The Morgan fingerprint density at radius 2 is 2.08 bits per heavy atom. The maximum atomic E-state index is 12.8. The van der Waals surface area contributed by atoms with E-state index >= 15 is 0 Å². The molecule has 26 heavy (non-hydrogen) atoms. The summed E-state index contributed by atoms with van der Waals surface area (Å²) in [6, 6.07) is 7.11. The number of pyridine rings is 1. The second kappa shape index (κ2) is 6.20. The molecular weight excluding hydrogens is 358 g/mol. The van der Waals surface area contributed by atoms with E-state index in [-0.39, 0.29) is 23.5 Å². The molecular formula is C18H12ClN3O4. The molecule has 0 saturated carbocycles. The minimum absolute atomic E-state index is 0.0667. The molecule has 0 aliphatic rings. The number of aromatic hydroxyl groups is 1. The maximum absolute atomic E-state index is 12.8. The Bertz CT molecular complexity index is 1230. The van der Waals surface area contributed by atoms with Gasteiger partial charge in [-0.2, -0.15) is 0 Å². The quantitative estimate of drug-likeness (QED) is 0.599. The topological polar surface area (TPSA) is 89.7 Å². The molecule has 0 aliphatic heterocycles. The molecule has 8 heteroatoms. The van der Waals surface area contributed by atoms with Crippen molar-refractivity contribution >= 4 is 17.1 Å². The van der Waals surface area contributed by atoms with Gasteiger partial charge < -0.3 is 18.5 Å². The number of aromatic nitrogens is 3. The smallest absolute Gasteiger partial charge is 0.279 e. The van der Waals surface area contributed by atoms with Gasteiger partial charge in [0, 0.05) is 23.6 Å². The van der Waals surface area contributed by atoms with Crippen LogP contribution in [0.25, 0.3) is 17.0 Å². The summed E-state index contributed by atoms with van der Waals surface area (Å²) in [5, 5.41) is 10.9. The fourth-order valence-electron chi connectivity index (χ4n) is 2.77. The standard InChI is InChI=1S/C18H12ClN3O4/c19-12-3-1-2-11(8-12)9-22-6-5-21-10-13(17-20-4-7-26-17)15(23)16(24)14(21)18(22)25/h1-8,10,24H,9H2. The Morgan fingerprint density at radius 1 is 1.23 bits per heavy atom. The normalized spacial score (nSPS) is 11.1. The van der Waals surface area contributed by atoms with E-state index in [9.17, 15) is 14.7 Å². The highest BCUT2D eigenvalue weighted by Gasteiger charge is 2.17. The summed E-state index contributed by atoms with van der Waals surface area (Å²) in [5.41, 5.74) is -0.444. The number of oxazole rings is 1. The van der Waals surface area contributed by atoms with Crippen molar-refractivity contribution in [3.05, 3.63) is 86.5 Å². The van der Waals surface area contributed by atoms with E-state index in [1.807, 2.05) is 6.07 Å². The first kappa shape index (κ1) is 16.2. The number of benzene rings is 1. The van der Waals surface area contributed by atoms with Crippen molar-refractivity contribution in [3.63, 3.8) is 0 Å². The molecule has 0 unspecified atom stereocenters.